The number of hydrogen-bond donors (Lipinski definition) is 0. The molecule has 2 fully saturated rings. The number of nitrogens with zero attached hydrogens (tertiary/aromatic N) is 1. The van der Waals surface area contributed by atoms with Crippen molar-refractivity contribution in [2.75, 3.05) is 13.1 Å². The van der Waals surface area contributed by atoms with Crippen LogP contribution in [0.25, 0.3) is 0 Å². The molecule has 5 heteroatoms. The molecule has 0 heterocycles. The second-order valence-corrected chi connectivity index (χ2v) is 7.59. The molecule has 0 atom stereocenters. The molecule has 2 aliphatic carbocycles. The summed E-state index contributed by atoms with van der Waals surface area (Å²) in [6, 6.07) is 2.00. The molecule has 0 bridgehead atoms. The number of hydrogen-bond acceptors (Lipinski definition) is 3. The number of quaternary nitrogens is 1. The minimum atomic E-state index is -4.01. The molecule has 0 aliphatic heterocycles. The van der Waals surface area contributed by atoms with Crippen molar-refractivity contribution in [3.8, 4) is 0 Å². The van der Waals surface area contributed by atoms with Gasteiger partial charge < -0.3 is 14.8 Å². The summed E-state index contributed by atoms with van der Waals surface area (Å²) in [6.07, 6.45) is 15.0. The van der Waals surface area contributed by atoms with E-state index in [0.717, 1.165) is 12.1 Å². The minimum Gasteiger partial charge on any atom is -0.427 e. The van der Waals surface area contributed by atoms with Gasteiger partial charge in [-0.25, -0.2) is 0 Å². The van der Waals surface area contributed by atoms with Gasteiger partial charge in [0.2, 0.25) is 0 Å². The molecule has 4 nitrogen and oxygen atoms in total. The highest BCUT2D eigenvalue weighted by atomic mass is 127. The Morgan fingerprint density at radius 2 is 1.00 bits per heavy atom. The molecule has 0 saturated heterocycles. The van der Waals surface area contributed by atoms with Crippen molar-refractivity contribution in [1.29, 1.82) is 0 Å². The van der Waals surface area contributed by atoms with Crippen molar-refractivity contribution in [3.63, 3.8) is 0 Å². The molecular weight excluding hydrogens is 381 g/mol. The van der Waals surface area contributed by atoms with E-state index in [4.69, 9.17) is 10.3 Å². The van der Waals surface area contributed by atoms with Crippen molar-refractivity contribution in [3.05, 3.63) is 0 Å². The molecule has 0 aromatic rings. The Bertz CT molecular complexity index is 237. The van der Waals surface area contributed by atoms with Gasteiger partial charge >= 0.3 is 0 Å². The molecular formula is C16H32INO3. The highest BCUT2D eigenvalue weighted by molar-refractivity contribution is 4.74. The Morgan fingerprint density at radius 1 is 0.714 bits per heavy atom. The average molecular weight is 413 g/mol. The highest BCUT2D eigenvalue weighted by Crippen LogP contribution is 2.36. The van der Waals surface area contributed by atoms with Crippen molar-refractivity contribution < 1.29 is 35.9 Å². The van der Waals surface area contributed by atoms with Gasteiger partial charge in [0.15, 0.2) is 0 Å². The maximum Gasteiger partial charge on any atom is 0.282 e. The average Bonchev–Trinajstić information content (AvgIpc) is 2.51. The molecule has 2 aliphatic rings. The van der Waals surface area contributed by atoms with Gasteiger partial charge in [0.25, 0.3) is 21.1 Å². The Labute approximate surface area is 139 Å². The van der Waals surface area contributed by atoms with Crippen LogP contribution in [0.2, 0.25) is 0 Å². The van der Waals surface area contributed by atoms with E-state index in [1.807, 2.05) is 0 Å². The molecule has 2 saturated carbocycles. The fraction of sp³-hybridized carbons (Fsp3) is 1.00. The van der Waals surface area contributed by atoms with Gasteiger partial charge in [-0.2, -0.15) is 0 Å². The summed E-state index contributed by atoms with van der Waals surface area (Å²) < 4.78 is 27.2. The number of halogens is 1. The maximum absolute atomic E-state index is 8.57. The van der Waals surface area contributed by atoms with Gasteiger partial charge in [-0.05, 0) is 65.2 Å². The molecule has 0 aromatic heterocycles. The first-order valence-electron chi connectivity index (χ1n) is 8.66. The predicted molar refractivity (Wildman–Crippen MR) is 75.1 cm³/mol. The van der Waals surface area contributed by atoms with Gasteiger partial charge in [0.1, 0.15) is 0 Å². The second kappa shape index (κ2) is 10.4. The topological polar surface area (TPSA) is 69.2 Å². The molecule has 21 heavy (non-hydrogen) atoms. The SMILES string of the molecule is CC[N+](CC)(C1CCCCC1)C1CCCCC1.[O-][I+2]([O-])[O-]. The molecule has 0 aromatic carbocycles. The number of rotatable bonds is 4. The van der Waals surface area contributed by atoms with Crippen LogP contribution in [-0.2, 0) is 0 Å². The van der Waals surface area contributed by atoms with E-state index < -0.39 is 21.1 Å². The van der Waals surface area contributed by atoms with Gasteiger partial charge in [0.05, 0.1) is 25.2 Å². The van der Waals surface area contributed by atoms with Crippen molar-refractivity contribution in [2.24, 2.45) is 0 Å². The lowest BCUT2D eigenvalue weighted by Gasteiger charge is -2.51. The lowest BCUT2D eigenvalue weighted by Crippen LogP contribution is -4.05. The molecule has 0 spiro atoms. The Hall–Kier alpha value is 0.570. The fourth-order valence-electron chi connectivity index (χ4n) is 4.75. The summed E-state index contributed by atoms with van der Waals surface area (Å²) in [4.78, 5) is 0. The van der Waals surface area contributed by atoms with Crippen molar-refractivity contribution in [1.82, 2.24) is 0 Å². The van der Waals surface area contributed by atoms with Crippen LogP contribution < -0.4 is 31.4 Å². The predicted octanol–water partition coefficient (Wildman–Crippen LogP) is -2.05. The Morgan fingerprint density at radius 3 is 1.24 bits per heavy atom. The van der Waals surface area contributed by atoms with Crippen LogP contribution in [0.3, 0.4) is 0 Å². The minimum absolute atomic E-state index is 1.00. The summed E-state index contributed by atoms with van der Waals surface area (Å²) in [7, 11) is 0. The van der Waals surface area contributed by atoms with Crippen LogP contribution in [0.15, 0.2) is 0 Å². The van der Waals surface area contributed by atoms with Crippen LogP contribution in [0.1, 0.15) is 78.1 Å². The molecule has 0 unspecified atom stereocenters. The van der Waals surface area contributed by atoms with E-state index in [9.17, 15) is 0 Å². The van der Waals surface area contributed by atoms with E-state index in [0.29, 0.717) is 0 Å². The van der Waals surface area contributed by atoms with Crippen molar-refractivity contribution >= 4 is 0 Å². The monoisotopic (exact) mass is 413 g/mol. The summed E-state index contributed by atoms with van der Waals surface area (Å²) in [5, 5.41) is 0. The van der Waals surface area contributed by atoms with Crippen LogP contribution >= 0.6 is 0 Å². The molecule has 0 amide bonds. The van der Waals surface area contributed by atoms with Gasteiger partial charge in [-0.15, -0.1) is 0 Å². The normalized spacial score (nSPS) is 22.0. The van der Waals surface area contributed by atoms with Crippen LogP contribution in [0.4, 0.5) is 0 Å². The zero-order valence-electron chi connectivity index (χ0n) is 13.7. The quantitative estimate of drug-likeness (QED) is 0.394. The van der Waals surface area contributed by atoms with Crippen molar-refractivity contribution in [2.45, 2.75) is 90.1 Å². The Kier molecular flexibility index (Phi) is 9.68. The molecule has 0 N–H and O–H groups in total. The van der Waals surface area contributed by atoms with Crippen LogP contribution in [-0.4, -0.2) is 29.7 Å². The smallest absolute Gasteiger partial charge is 0.282 e. The summed E-state index contributed by atoms with van der Waals surface area (Å²) in [5.74, 6) is 0. The largest absolute Gasteiger partial charge is 0.427 e. The zero-order chi connectivity index (χ0) is 15.7. The molecule has 2 rings (SSSR count). The van der Waals surface area contributed by atoms with Crippen LogP contribution in [0, 0.1) is 0 Å². The van der Waals surface area contributed by atoms with E-state index in [-0.39, 0.29) is 0 Å². The Balaban J connectivity index is 0.000000491. The third-order valence-electron chi connectivity index (χ3n) is 5.78. The van der Waals surface area contributed by atoms with Crippen LogP contribution in [0.5, 0.6) is 0 Å². The molecule has 0 radical (unpaired) electrons. The summed E-state index contributed by atoms with van der Waals surface area (Å²) >= 11 is -4.01. The highest BCUT2D eigenvalue weighted by Gasteiger charge is 2.41. The van der Waals surface area contributed by atoms with Gasteiger partial charge in [0, 0.05) is 0 Å². The molecule has 126 valence electrons. The first-order chi connectivity index (χ1) is 10.1. The van der Waals surface area contributed by atoms with E-state index in [1.165, 1.54) is 81.8 Å². The second-order valence-electron chi connectivity index (χ2n) is 6.51. The third-order valence-corrected chi connectivity index (χ3v) is 5.78. The van der Waals surface area contributed by atoms with Gasteiger partial charge in [-0.3, -0.25) is 0 Å². The lowest BCUT2D eigenvalue weighted by atomic mass is 9.85. The van der Waals surface area contributed by atoms with Gasteiger partial charge in [-0.1, -0.05) is 12.8 Å². The third kappa shape index (κ3) is 5.94. The standard InChI is InChI=1S/C16H32N.IO3/c1-3-17(4-2,15-11-7-5-8-12-15)16-13-9-6-10-14-16;2-1(3)4/h15-16H,3-14H2,1-2H3;/q+1;-1. The first kappa shape index (κ1) is 19.6. The summed E-state index contributed by atoms with van der Waals surface area (Å²) in [5.41, 5.74) is 0. The first-order valence-corrected chi connectivity index (χ1v) is 11.3. The van der Waals surface area contributed by atoms with E-state index in [1.54, 1.807) is 0 Å². The van der Waals surface area contributed by atoms with E-state index in [2.05, 4.69) is 13.8 Å². The zero-order valence-corrected chi connectivity index (χ0v) is 15.8. The fourth-order valence-corrected chi connectivity index (χ4v) is 4.75. The van der Waals surface area contributed by atoms with E-state index >= 15 is 0 Å². The lowest BCUT2D eigenvalue weighted by molar-refractivity contribution is -1.73. The maximum atomic E-state index is 8.57. The summed E-state index contributed by atoms with van der Waals surface area (Å²) in [6.45, 7) is 7.66.